The lowest BCUT2D eigenvalue weighted by Crippen LogP contribution is -2.50. The first-order valence-corrected chi connectivity index (χ1v) is 17.1. The van der Waals surface area contributed by atoms with Crippen LogP contribution in [0.1, 0.15) is 56.5 Å². The highest BCUT2D eigenvalue weighted by Gasteiger charge is 2.31. The number of fused-ring (bicyclic) bond motifs is 3. The Morgan fingerprint density at radius 3 is 2.69 bits per heavy atom. The van der Waals surface area contributed by atoms with E-state index >= 15 is 0 Å². The van der Waals surface area contributed by atoms with E-state index in [0.29, 0.717) is 36.5 Å². The maximum Gasteiger partial charge on any atom is 0.408 e. The zero-order valence-corrected chi connectivity index (χ0v) is 28.8. The molecule has 11 nitrogen and oxygen atoms in total. The number of imidazole rings is 2. The predicted molar refractivity (Wildman–Crippen MR) is 185 cm³/mol. The van der Waals surface area contributed by atoms with Crippen molar-refractivity contribution in [3.05, 3.63) is 66.2 Å². The first-order chi connectivity index (χ1) is 23.5. The molecule has 0 saturated heterocycles. The number of carbonyl (C=O) groups excluding carboxylic acids is 2. The lowest BCUT2D eigenvalue weighted by atomic mass is 9.97. The van der Waals surface area contributed by atoms with Gasteiger partial charge in [-0.3, -0.25) is 4.79 Å². The van der Waals surface area contributed by atoms with Gasteiger partial charge >= 0.3 is 6.09 Å². The third kappa shape index (κ3) is 6.86. The fourth-order valence-corrected chi connectivity index (χ4v) is 6.76. The molecule has 12 heteroatoms. The monoisotopic (exact) mass is 669 g/mol. The van der Waals surface area contributed by atoms with Crippen molar-refractivity contribution in [1.29, 1.82) is 0 Å². The van der Waals surface area contributed by atoms with Gasteiger partial charge in [0.25, 0.3) is 5.91 Å². The number of benzene rings is 2. The summed E-state index contributed by atoms with van der Waals surface area (Å²) in [4.78, 5) is 36.9. The molecule has 2 aliphatic rings. The Labute approximate surface area is 285 Å². The molecule has 0 radical (unpaired) electrons. The second-order valence-electron chi connectivity index (χ2n) is 14.5. The quantitative estimate of drug-likeness (QED) is 0.181. The fourth-order valence-electron chi connectivity index (χ4n) is 6.76. The van der Waals surface area contributed by atoms with Crippen LogP contribution >= 0.6 is 0 Å². The number of hydrogen-bond acceptors (Lipinski definition) is 6. The normalized spacial score (nSPS) is 16.2. The summed E-state index contributed by atoms with van der Waals surface area (Å²) in [7, 11) is 2.02. The van der Waals surface area contributed by atoms with E-state index in [1.54, 1.807) is 38.2 Å². The number of para-hydroxylation sites is 1. The van der Waals surface area contributed by atoms with E-state index in [2.05, 4.69) is 44.6 Å². The Kier molecular flexibility index (Phi) is 8.58. The molecule has 1 fully saturated rings. The molecule has 1 aliphatic heterocycles. The molecule has 1 saturated carbocycles. The summed E-state index contributed by atoms with van der Waals surface area (Å²) in [6.45, 7) is 8.52. The maximum atomic E-state index is 14.0. The summed E-state index contributed by atoms with van der Waals surface area (Å²) in [5.74, 6) is 2.06. The van der Waals surface area contributed by atoms with E-state index in [1.165, 1.54) is 12.8 Å². The summed E-state index contributed by atoms with van der Waals surface area (Å²) < 4.78 is 32.3. The molecule has 5 aromatic rings. The first kappa shape index (κ1) is 32.7. The highest BCUT2D eigenvalue weighted by atomic mass is 19.1. The largest absolute Gasteiger partial charge is 0.487 e. The van der Waals surface area contributed by atoms with Crippen molar-refractivity contribution in [2.45, 2.75) is 77.8 Å². The minimum absolute atomic E-state index is 0.0478. The van der Waals surface area contributed by atoms with Gasteiger partial charge in [-0.1, -0.05) is 12.1 Å². The van der Waals surface area contributed by atoms with Crippen LogP contribution in [0.2, 0.25) is 0 Å². The maximum absolute atomic E-state index is 14.0. The number of amides is 2. The van der Waals surface area contributed by atoms with Crippen molar-refractivity contribution in [3.8, 4) is 17.3 Å². The lowest BCUT2D eigenvalue weighted by Gasteiger charge is -2.31. The summed E-state index contributed by atoms with van der Waals surface area (Å²) >= 11 is 0. The SMILES string of the molecule is C[C@@H](Cn1ccnc1)Oc1cccc2cc(-c3nc4cc5c(cc4n3C)CCN(C[C@@H](CF)NC(=O)OC(C)(C)C)C5=O)n(CC3CC3)c12. The molecule has 1 aliphatic carbocycles. The average Bonchev–Trinajstić information content (AvgIpc) is 3.42. The van der Waals surface area contributed by atoms with E-state index < -0.39 is 24.4 Å². The number of alkyl carbamates (subject to hydrolysis) is 1. The van der Waals surface area contributed by atoms with Crippen LogP contribution < -0.4 is 10.1 Å². The lowest BCUT2D eigenvalue weighted by molar-refractivity contribution is 0.0466. The molecule has 2 amide bonds. The molecule has 0 spiro atoms. The summed E-state index contributed by atoms with van der Waals surface area (Å²) in [5, 5.41) is 3.66. The molecule has 2 aromatic carbocycles. The number of rotatable bonds is 11. The molecule has 258 valence electrons. The van der Waals surface area contributed by atoms with Crippen molar-refractivity contribution >= 4 is 33.9 Å². The number of carbonyl (C=O) groups is 2. The number of alkyl halides is 1. The van der Waals surface area contributed by atoms with Crippen LogP contribution in [0.4, 0.5) is 9.18 Å². The van der Waals surface area contributed by atoms with Gasteiger partial charge in [0, 0.05) is 50.0 Å². The number of hydrogen-bond donors (Lipinski definition) is 1. The molecular formula is C37H44FN7O4. The summed E-state index contributed by atoms with van der Waals surface area (Å²) in [6.07, 6.45) is 7.75. The zero-order chi connectivity index (χ0) is 34.4. The van der Waals surface area contributed by atoms with Gasteiger partial charge in [0.05, 0.1) is 41.2 Å². The number of nitrogens with one attached hydrogen (secondary N) is 1. The Morgan fingerprint density at radius 1 is 1.16 bits per heavy atom. The van der Waals surface area contributed by atoms with Gasteiger partial charge in [-0.05, 0) is 82.7 Å². The van der Waals surface area contributed by atoms with Gasteiger partial charge in [0.1, 0.15) is 24.1 Å². The second kappa shape index (κ2) is 12.9. The van der Waals surface area contributed by atoms with Crippen molar-refractivity contribution in [1.82, 2.24) is 33.9 Å². The molecule has 4 heterocycles. The van der Waals surface area contributed by atoms with E-state index in [-0.39, 0.29) is 18.6 Å². The van der Waals surface area contributed by atoms with E-state index in [0.717, 1.165) is 45.8 Å². The van der Waals surface area contributed by atoms with Crippen LogP contribution in [0.3, 0.4) is 0 Å². The van der Waals surface area contributed by atoms with Crippen molar-refractivity contribution in [2.75, 3.05) is 19.8 Å². The minimum Gasteiger partial charge on any atom is -0.487 e. The van der Waals surface area contributed by atoms with E-state index in [4.69, 9.17) is 14.5 Å². The number of aromatic nitrogens is 5. The van der Waals surface area contributed by atoms with E-state index in [9.17, 15) is 14.0 Å². The van der Waals surface area contributed by atoms with Gasteiger partial charge in [-0.25, -0.2) is 19.2 Å². The Balaban J connectivity index is 1.19. The van der Waals surface area contributed by atoms with Gasteiger partial charge < -0.3 is 33.4 Å². The van der Waals surface area contributed by atoms with E-state index in [1.807, 2.05) is 36.0 Å². The predicted octanol–water partition coefficient (Wildman–Crippen LogP) is 6.13. The topological polar surface area (TPSA) is 108 Å². The van der Waals surface area contributed by atoms with Gasteiger partial charge in [-0.2, -0.15) is 0 Å². The summed E-state index contributed by atoms with van der Waals surface area (Å²) in [5.41, 5.74) is 4.50. The third-order valence-electron chi connectivity index (χ3n) is 9.23. The fraction of sp³-hybridized carbons (Fsp3) is 0.459. The number of aryl methyl sites for hydroxylation is 1. The van der Waals surface area contributed by atoms with Gasteiger partial charge in [-0.15, -0.1) is 0 Å². The van der Waals surface area contributed by atoms with Gasteiger partial charge in [0.15, 0.2) is 5.82 Å². The Morgan fingerprint density at radius 2 is 1.98 bits per heavy atom. The molecule has 3 aromatic heterocycles. The molecular weight excluding hydrogens is 625 g/mol. The van der Waals surface area contributed by atoms with Crippen molar-refractivity contribution in [3.63, 3.8) is 0 Å². The first-order valence-electron chi connectivity index (χ1n) is 17.1. The molecule has 2 atom stereocenters. The Bertz CT molecular complexity index is 2000. The third-order valence-corrected chi connectivity index (χ3v) is 9.23. The van der Waals surface area contributed by atoms with Crippen LogP contribution in [0, 0.1) is 5.92 Å². The molecule has 7 rings (SSSR count). The van der Waals surface area contributed by atoms with Crippen molar-refractivity contribution < 1.29 is 23.5 Å². The van der Waals surface area contributed by atoms with Crippen LogP contribution in [-0.4, -0.2) is 78.1 Å². The van der Waals surface area contributed by atoms with Crippen LogP contribution in [0.15, 0.2) is 55.1 Å². The standard InChI is InChI=1S/C37H44FN7O4/c1-23(19-43-14-12-39-22-43)48-32-8-6-7-26-16-31(45(33(26)32)20-24-9-10-24)34-41-29-17-28-25(15-30(29)42(34)5)11-13-44(35(28)46)21-27(18-38)40-36(47)49-37(2,3)4/h6-8,12,14-17,22-24,27H,9-11,13,18-21H2,1-5H3,(H,40,47)/t23-,27+/m0/s1. The number of ether oxygens (including phenoxy) is 2. The van der Waals surface area contributed by atoms with Crippen LogP contribution in [0.5, 0.6) is 5.75 Å². The molecule has 1 N–H and O–H groups in total. The van der Waals surface area contributed by atoms with Gasteiger partial charge in [0.2, 0.25) is 0 Å². The van der Waals surface area contributed by atoms with Crippen LogP contribution in [-0.2, 0) is 31.3 Å². The highest BCUT2D eigenvalue weighted by molar-refractivity contribution is 6.01. The molecule has 0 unspecified atom stereocenters. The minimum atomic E-state index is -0.873. The molecule has 49 heavy (non-hydrogen) atoms. The molecule has 0 bridgehead atoms. The number of nitrogens with zero attached hydrogens (tertiary/aromatic N) is 6. The summed E-state index contributed by atoms with van der Waals surface area (Å²) in [6, 6.07) is 11.4. The zero-order valence-electron chi connectivity index (χ0n) is 28.8. The second-order valence-corrected chi connectivity index (χ2v) is 14.5. The highest BCUT2D eigenvalue weighted by Crippen LogP contribution is 2.40. The smallest absolute Gasteiger partial charge is 0.408 e. The average molecular weight is 670 g/mol. The Hall–Kier alpha value is -4.87. The number of halogens is 1. The van der Waals surface area contributed by atoms with Crippen molar-refractivity contribution in [2.24, 2.45) is 13.0 Å². The van der Waals surface area contributed by atoms with Crippen LogP contribution in [0.25, 0.3) is 33.5 Å².